The van der Waals surface area contributed by atoms with Crippen molar-refractivity contribution >= 4 is 0 Å². The van der Waals surface area contributed by atoms with Crippen LogP contribution in [-0.4, -0.2) is 0 Å². The highest BCUT2D eigenvalue weighted by atomic mass is 19.2. The van der Waals surface area contributed by atoms with Crippen molar-refractivity contribution in [1.82, 2.24) is 0 Å². The molecule has 2 rings (SSSR count). The molecule has 0 aliphatic heterocycles. The zero-order valence-corrected chi connectivity index (χ0v) is 16.3. The van der Waals surface area contributed by atoms with Gasteiger partial charge in [-0.3, -0.25) is 0 Å². The Morgan fingerprint density at radius 2 is 1.23 bits per heavy atom. The molecule has 0 radical (unpaired) electrons. The third kappa shape index (κ3) is 7.32. The first-order valence-electron chi connectivity index (χ1n) is 10.7. The minimum absolute atomic E-state index is 0.576. The van der Waals surface area contributed by atoms with E-state index in [1.165, 1.54) is 77.0 Å². The van der Waals surface area contributed by atoms with Crippen molar-refractivity contribution in [3.05, 3.63) is 35.1 Å². The smallest absolute Gasteiger partial charge is 0.194 e. The lowest BCUT2D eigenvalue weighted by Crippen LogP contribution is -2.15. The Kier molecular flexibility index (Phi) is 9.56. The van der Waals surface area contributed by atoms with Crippen LogP contribution in [0.15, 0.2) is 12.1 Å². The predicted molar refractivity (Wildman–Crippen MR) is 103 cm³/mol. The standard InChI is InChI=1S/C23H35F3/c1-2-3-4-5-6-7-8-9-18-10-12-19(13-11-18)14-15-20-16-21(24)23(26)22(25)17-20/h16-19H,2-15H2,1H3/t18-,19-. The van der Waals surface area contributed by atoms with Gasteiger partial charge in [-0.25, -0.2) is 13.2 Å². The van der Waals surface area contributed by atoms with Gasteiger partial charge in [0, 0.05) is 0 Å². The summed E-state index contributed by atoms with van der Waals surface area (Å²) in [6.07, 6.45) is 17.6. The maximum Gasteiger partial charge on any atom is 0.194 e. The van der Waals surface area contributed by atoms with E-state index in [1.807, 2.05) is 0 Å². The Morgan fingerprint density at radius 3 is 1.81 bits per heavy atom. The van der Waals surface area contributed by atoms with E-state index in [-0.39, 0.29) is 0 Å². The Morgan fingerprint density at radius 1 is 0.731 bits per heavy atom. The first-order chi connectivity index (χ1) is 12.6. The van der Waals surface area contributed by atoms with E-state index < -0.39 is 17.5 Å². The van der Waals surface area contributed by atoms with Crippen molar-refractivity contribution in [2.75, 3.05) is 0 Å². The Balaban J connectivity index is 1.57. The molecule has 1 fully saturated rings. The Labute approximate surface area is 157 Å². The predicted octanol–water partition coefficient (Wildman–Crippen LogP) is 7.98. The molecule has 0 N–H and O–H groups in total. The summed E-state index contributed by atoms with van der Waals surface area (Å²) < 4.78 is 39.6. The quantitative estimate of drug-likeness (QED) is 0.274. The van der Waals surface area contributed by atoms with Gasteiger partial charge < -0.3 is 0 Å². The normalized spacial score (nSPS) is 20.5. The number of hydrogen-bond donors (Lipinski definition) is 0. The number of rotatable bonds is 11. The summed E-state index contributed by atoms with van der Waals surface area (Å²) in [6.45, 7) is 2.26. The fourth-order valence-electron chi connectivity index (χ4n) is 4.32. The SMILES string of the molecule is CCCCCCCCC[C@H]1CC[C@H](CCc2cc(F)c(F)c(F)c2)CC1. The van der Waals surface area contributed by atoms with Crippen LogP contribution in [0.3, 0.4) is 0 Å². The molecule has 0 saturated heterocycles. The molecule has 1 aromatic carbocycles. The molecule has 0 unspecified atom stereocenters. The van der Waals surface area contributed by atoms with E-state index >= 15 is 0 Å². The Hall–Kier alpha value is -0.990. The third-order valence-electron chi connectivity index (χ3n) is 6.07. The number of aryl methyl sites for hydroxylation is 1. The lowest BCUT2D eigenvalue weighted by molar-refractivity contribution is 0.248. The van der Waals surface area contributed by atoms with Crippen LogP contribution in [-0.2, 0) is 6.42 Å². The minimum atomic E-state index is -1.36. The molecule has 0 heterocycles. The van der Waals surface area contributed by atoms with Crippen molar-refractivity contribution < 1.29 is 13.2 Å². The average molecular weight is 369 g/mol. The topological polar surface area (TPSA) is 0 Å². The summed E-state index contributed by atoms with van der Waals surface area (Å²) in [5, 5.41) is 0. The lowest BCUT2D eigenvalue weighted by atomic mass is 9.77. The number of benzene rings is 1. The van der Waals surface area contributed by atoms with Crippen LogP contribution < -0.4 is 0 Å². The summed E-state index contributed by atoms with van der Waals surface area (Å²) in [5.74, 6) is -1.98. The molecular weight excluding hydrogens is 333 g/mol. The van der Waals surface area contributed by atoms with E-state index in [1.54, 1.807) is 0 Å². The zero-order chi connectivity index (χ0) is 18.8. The Bertz CT molecular complexity index is 495. The third-order valence-corrected chi connectivity index (χ3v) is 6.07. The van der Waals surface area contributed by atoms with E-state index in [0.29, 0.717) is 17.9 Å². The van der Waals surface area contributed by atoms with Crippen LogP contribution in [0.25, 0.3) is 0 Å². The monoisotopic (exact) mass is 368 g/mol. The van der Waals surface area contributed by atoms with Crippen LogP contribution in [0.4, 0.5) is 13.2 Å². The maximum absolute atomic E-state index is 13.3. The highest BCUT2D eigenvalue weighted by molar-refractivity contribution is 5.19. The second-order valence-corrected chi connectivity index (χ2v) is 8.21. The first kappa shape index (κ1) is 21.3. The summed E-state index contributed by atoms with van der Waals surface area (Å²) in [5.41, 5.74) is 0.576. The van der Waals surface area contributed by atoms with Crippen LogP contribution >= 0.6 is 0 Å². The average Bonchev–Trinajstić information content (AvgIpc) is 2.64. The summed E-state index contributed by atoms with van der Waals surface area (Å²) >= 11 is 0. The molecular formula is C23H35F3. The molecule has 1 aromatic rings. The largest absolute Gasteiger partial charge is 0.204 e. The number of halogens is 3. The molecule has 26 heavy (non-hydrogen) atoms. The molecule has 1 aliphatic carbocycles. The summed E-state index contributed by atoms with van der Waals surface area (Å²) in [7, 11) is 0. The summed E-state index contributed by atoms with van der Waals surface area (Å²) in [4.78, 5) is 0. The highest BCUT2D eigenvalue weighted by Crippen LogP contribution is 2.34. The highest BCUT2D eigenvalue weighted by Gasteiger charge is 2.21. The molecule has 0 atom stereocenters. The minimum Gasteiger partial charge on any atom is -0.204 e. The van der Waals surface area contributed by atoms with Gasteiger partial charge in [0.25, 0.3) is 0 Å². The van der Waals surface area contributed by atoms with E-state index in [0.717, 1.165) is 24.5 Å². The second-order valence-electron chi connectivity index (χ2n) is 8.21. The van der Waals surface area contributed by atoms with Gasteiger partial charge in [-0.1, -0.05) is 84.0 Å². The number of hydrogen-bond acceptors (Lipinski definition) is 0. The van der Waals surface area contributed by atoms with Gasteiger partial charge in [-0.15, -0.1) is 0 Å². The van der Waals surface area contributed by atoms with E-state index in [9.17, 15) is 13.2 Å². The van der Waals surface area contributed by atoms with Gasteiger partial charge in [0.2, 0.25) is 0 Å². The van der Waals surface area contributed by atoms with Crippen LogP contribution in [0, 0.1) is 29.3 Å². The van der Waals surface area contributed by atoms with Gasteiger partial charge in [-0.05, 0) is 42.4 Å². The van der Waals surface area contributed by atoms with Gasteiger partial charge in [0.05, 0.1) is 0 Å². The van der Waals surface area contributed by atoms with Crippen molar-refractivity contribution in [1.29, 1.82) is 0 Å². The van der Waals surface area contributed by atoms with Crippen LogP contribution in [0.1, 0.15) is 96.0 Å². The van der Waals surface area contributed by atoms with Gasteiger partial charge >= 0.3 is 0 Å². The second kappa shape index (κ2) is 11.7. The van der Waals surface area contributed by atoms with Crippen molar-refractivity contribution in [2.45, 2.75) is 96.8 Å². The first-order valence-corrected chi connectivity index (χ1v) is 10.7. The fourth-order valence-corrected chi connectivity index (χ4v) is 4.32. The maximum atomic E-state index is 13.3. The molecule has 1 aliphatic rings. The summed E-state index contributed by atoms with van der Waals surface area (Å²) in [6, 6.07) is 2.29. The molecule has 1 saturated carbocycles. The van der Waals surface area contributed by atoms with Crippen molar-refractivity contribution in [2.24, 2.45) is 11.8 Å². The molecule has 0 bridgehead atoms. The van der Waals surface area contributed by atoms with Gasteiger partial charge in [0.15, 0.2) is 17.5 Å². The number of unbranched alkanes of at least 4 members (excludes halogenated alkanes) is 6. The molecule has 0 aromatic heterocycles. The molecule has 148 valence electrons. The van der Waals surface area contributed by atoms with E-state index in [4.69, 9.17) is 0 Å². The molecule has 0 nitrogen and oxygen atoms in total. The van der Waals surface area contributed by atoms with Crippen molar-refractivity contribution in [3.8, 4) is 0 Å². The van der Waals surface area contributed by atoms with Crippen LogP contribution in [0.5, 0.6) is 0 Å². The zero-order valence-electron chi connectivity index (χ0n) is 16.3. The molecule has 3 heteroatoms. The van der Waals surface area contributed by atoms with Crippen LogP contribution in [0.2, 0.25) is 0 Å². The van der Waals surface area contributed by atoms with E-state index in [2.05, 4.69) is 6.92 Å². The lowest BCUT2D eigenvalue weighted by Gasteiger charge is -2.28. The molecule has 0 spiro atoms. The van der Waals surface area contributed by atoms with Gasteiger partial charge in [0.1, 0.15) is 0 Å². The molecule has 0 amide bonds. The van der Waals surface area contributed by atoms with Gasteiger partial charge in [-0.2, -0.15) is 0 Å². The van der Waals surface area contributed by atoms with Crippen molar-refractivity contribution in [3.63, 3.8) is 0 Å². The fraction of sp³-hybridized carbons (Fsp3) is 0.739.